The molecule has 0 amide bonds. The van der Waals surface area contributed by atoms with Crippen molar-refractivity contribution in [1.29, 1.82) is 0 Å². The minimum Gasteiger partial charge on any atom is -0.469 e. The number of esters is 1. The SMILES string of the molecule is COC(=O)CCc1csc(Cc2cc(F)cc(F)c2)n1. The first kappa shape index (κ1) is 14.6. The molecule has 0 fully saturated rings. The third-order valence-corrected chi connectivity index (χ3v) is 3.59. The topological polar surface area (TPSA) is 39.2 Å². The monoisotopic (exact) mass is 297 g/mol. The molecule has 0 bridgehead atoms. The maximum Gasteiger partial charge on any atom is 0.305 e. The Morgan fingerprint density at radius 2 is 2.00 bits per heavy atom. The van der Waals surface area contributed by atoms with Gasteiger partial charge in [0.25, 0.3) is 0 Å². The van der Waals surface area contributed by atoms with Gasteiger partial charge >= 0.3 is 5.97 Å². The lowest BCUT2D eigenvalue weighted by Gasteiger charge is -1.99. The van der Waals surface area contributed by atoms with Crippen LogP contribution in [0.1, 0.15) is 22.7 Å². The number of hydrogen-bond acceptors (Lipinski definition) is 4. The third-order valence-electron chi connectivity index (χ3n) is 2.69. The van der Waals surface area contributed by atoms with Crippen molar-refractivity contribution in [3.05, 3.63) is 51.5 Å². The van der Waals surface area contributed by atoms with Crippen LogP contribution in [0.3, 0.4) is 0 Å². The van der Waals surface area contributed by atoms with Crippen LogP contribution in [0.2, 0.25) is 0 Å². The second-order valence-electron chi connectivity index (χ2n) is 4.26. The number of rotatable bonds is 5. The lowest BCUT2D eigenvalue weighted by atomic mass is 10.1. The molecular weight excluding hydrogens is 284 g/mol. The van der Waals surface area contributed by atoms with Crippen LogP contribution in [0.25, 0.3) is 0 Å². The fraction of sp³-hybridized carbons (Fsp3) is 0.286. The van der Waals surface area contributed by atoms with Gasteiger partial charge in [0.1, 0.15) is 11.6 Å². The van der Waals surface area contributed by atoms with E-state index in [0.29, 0.717) is 18.4 Å². The van der Waals surface area contributed by atoms with Crippen LogP contribution in [0, 0.1) is 11.6 Å². The van der Waals surface area contributed by atoms with E-state index in [0.717, 1.165) is 16.8 Å². The summed E-state index contributed by atoms with van der Waals surface area (Å²) in [7, 11) is 1.34. The Hall–Kier alpha value is -1.82. The number of carbonyl (C=O) groups excluding carboxylic acids is 1. The normalized spacial score (nSPS) is 10.6. The lowest BCUT2D eigenvalue weighted by Crippen LogP contribution is -2.02. The zero-order valence-corrected chi connectivity index (χ0v) is 11.7. The number of benzene rings is 1. The van der Waals surface area contributed by atoms with E-state index < -0.39 is 11.6 Å². The van der Waals surface area contributed by atoms with E-state index in [1.165, 1.54) is 30.6 Å². The van der Waals surface area contributed by atoms with Crippen LogP contribution >= 0.6 is 11.3 Å². The van der Waals surface area contributed by atoms with Gasteiger partial charge in [-0.15, -0.1) is 11.3 Å². The van der Waals surface area contributed by atoms with Gasteiger partial charge in [-0.05, 0) is 17.7 Å². The summed E-state index contributed by atoms with van der Waals surface area (Å²) in [5, 5.41) is 2.60. The van der Waals surface area contributed by atoms with Crippen LogP contribution in [-0.4, -0.2) is 18.1 Å². The molecule has 0 aliphatic heterocycles. The van der Waals surface area contributed by atoms with Crippen molar-refractivity contribution in [1.82, 2.24) is 4.98 Å². The Morgan fingerprint density at radius 3 is 2.65 bits per heavy atom. The van der Waals surface area contributed by atoms with Crippen LogP contribution in [0.4, 0.5) is 8.78 Å². The number of thiazole rings is 1. The number of methoxy groups -OCH3 is 1. The summed E-state index contributed by atoms with van der Waals surface area (Å²) in [6, 6.07) is 3.42. The molecule has 3 nitrogen and oxygen atoms in total. The highest BCUT2D eigenvalue weighted by atomic mass is 32.1. The Balaban J connectivity index is 2.00. The Morgan fingerprint density at radius 1 is 1.30 bits per heavy atom. The molecular formula is C14H13F2NO2S. The van der Waals surface area contributed by atoms with E-state index in [2.05, 4.69) is 9.72 Å². The number of halogens is 2. The number of ether oxygens (including phenoxy) is 1. The van der Waals surface area contributed by atoms with Gasteiger partial charge in [0.2, 0.25) is 0 Å². The molecule has 1 aromatic heterocycles. The second-order valence-corrected chi connectivity index (χ2v) is 5.21. The summed E-state index contributed by atoms with van der Waals surface area (Å²) in [6.45, 7) is 0. The van der Waals surface area contributed by atoms with E-state index >= 15 is 0 Å². The van der Waals surface area contributed by atoms with Gasteiger partial charge in [0, 0.05) is 24.3 Å². The molecule has 0 saturated heterocycles. The Bertz CT molecular complexity index is 593. The molecule has 6 heteroatoms. The van der Waals surface area contributed by atoms with Gasteiger partial charge in [0.05, 0.1) is 24.2 Å². The summed E-state index contributed by atoms with van der Waals surface area (Å²) in [5.74, 6) is -1.48. The van der Waals surface area contributed by atoms with Crippen molar-refractivity contribution in [2.24, 2.45) is 0 Å². The van der Waals surface area contributed by atoms with Crippen molar-refractivity contribution in [2.45, 2.75) is 19.3 Å². The highest BCUT2D eigenvalue weighted by molar-refractivity contribution is 7.09. The summed E-state index contributed by atoms with van der Waals surface area (Å²) in [6.07, 6.45) is 1.15. The van der Waals surface area contributed by atoms with Gasteiger partial charge in [-0.3, -0.25) is 4.79 Å². The average molecular weight is 297 g/mol. The van der Waals surface area contributed by atoms with Crippen LogP contribution in [0.15, 0.2) is 23.6 Å². The van der Waals surface area contributed by atoms with Crippen LogP contribution in [0.5, 0.6) is 0 Å². The molecule has 0 unspecified atom stereocenters. The van der Waals surface area contributed by atoms with Gasteiger partial charge in [-0.25, -0.2) is 13.8 Å². The summed E-state index contributed by atoms with van der Waals surface area (Å²) < 4.78 is 30.7. The fourth-order valence-corrected chi connectivity index (χ4v) is 2.63. The molecule has 1 aromatic carbocycles. The van der Waals surface area contributed by atoms with E-state index in [1.54, 1.807) is 0 Å². The quantitative estimate of drug-likeness (QED) is 0.796. The Labute approximate surface area is 119 Å². The van der Waals surface area contributed by atoms with Crippen molar-refractivity contribution >= 4 is 17.3 Å². The Kier molecular flexibility index (Phi) is 4.79. The summed E-state index contributed by atoms with van der Waals surface area (Å²) in [4.78, 5) is 15.4. The van der Waals surface area contributed by atoms with Crippen molar-refractivity contribution in [3.63, 3.8) is 0 Å². The predicted octanol–water partition coefficient (Wildman–Crippen LogP) is 3.12. The fourth-order valence-electron chi connectivity index (χ4n) is 1.76. The second kappa shape index (κ2) is 6.56. The maximum absolute atomic E-state index is 13.1. The highest BCUT2D eigenvalue weighted by Crippen LogP contribution is 2.17. The minimum atomic E-state index is -0.595. The van der Waals surface area contributed by atoms with E-state index in [4.69, 9.17) is 0 Å². The molecule has 106 valence electrons. The molecule has 0 atom stereocenters. The minimum absolute atomic E-state index is 0.272. The molecule has 0 radical (unpaired) electrons. The molecule has 2 rings (SSSR count). The van der Waals surface area contributed by atoms with Crippen molar-refractivity contribution < 1.29 is 18.3 Å². The van der Waals surface area contributed by atoms with Crippen molar-refractivity contribution in [3.8, 4) is 0 Å². The summed E-state index contributed by atoms with van der Waals surface area (Å²) >= 11 is 1.41. The zero-order valence-electron chi connectivity index (χ0n) is 10.9. The number of carbonyl (C=O) groups is 1. The molecule has 0 saturated carbocycles. The number of aromatic nitrogens is 1. The molecule has 20 heavy (non-hydrogen) atoms. The lowest BCUT2D eigenvalue weighted by molar-refractivity contribution is -0.140. The number of aryl methyl sites for hydroxylation is 1. The average Bonchev–Trinajstić information content (AvgIpc) is 2.82. The molecule has 0 aliphatic carbocycles. The molecule has 0 N–H and O–H groups in total. The standard InChI is InChI=1S/C14H13F2NO2S/c1-19-14(18)3-2-12-8-20-13(17-12)6-9-4-10(15)7-11(16)5-9/h4-5,7-8H,2-3,6H2,1H3. The van der Waals surface area contributed by atoms with E-state index in [1.807, 2.05) is 5.38 Å². The van der Waals surface area contributed by atoms with Crippen LogP contribution in [-0.2, 0) is 22.4 Å². The van der Waals surface area contributed by atoms with Gasteiger partial charge in [-0.1, -0.05) is 0 Å². The first-order valence-corrected chi connectivity index (χ1v) is 6.90. The molecule has 2 aromatic rings. The first-order valence-electron chi connectivity index (χ1n) is 6.02. The zero-order chi connectivity index (χ0) is 14.5. The summed E-state index contributed by atoms with van der Waals surface area (Å²) in [5.41, 5.74) is 1.32. The largest absolute Gasteiger partial charge is 0.469 e. The molecule has 0 spiro atoms. The van der Waals surface area contributed by atoms with Gasteiger partial charge < -0.3 is 4.74 Å². The van der Waals surface area contributed by atoms with Gasteiger partial charge in [0.15, 0.2) is 0 Å². The number of hydrogen-bond donors (Lipinski definition) is 0. The van der Waals surface area contributed by atoms with E-state index in [9.17, 15) is 13.6 Å². The third kappa shape index (κ3) is 4.09. The van der Waals surface area contributed by atoms with Crippen molar-refractivity contribution in [2.75, 3.05) is 7.11 Å². The maximum atomic E-state index is 13.1. The van der Waals surface area contributed by atoms with E-state index in [-0.39, 0.29) is 12.4 Å². The van der Waals surface area contributed by atoms with Gasteiger partial charge in [-0.2, -0.15) is 0 Å². The molecule has 0 aliphatic rings. The predicted molar refractivity (Wildman–Crippen MR) is 71.6 cm³/mol. The van der Waals surface area contributed by atoms with Crippen LogP contribution < -0.4 is 0 Å². The number of nitrogens with zero attached hydrogens (tertiary/aromatic N) is 1. The first-order chi connectivity index (χ1) is 9.56. The highest BCUT2D eigenvalue weighted by Gasteiger charge is 2.08. The smallest absolute Gasteiger partial charge is 0.305 e. The molecule has 1 heterocycles.